The summed E-state index contributed by atoms with van der Waals surface area (Å²) in [6, 6.07) is 7.13. The molecular formula is C22H23F3N4O7S3. The maximum absolute atomic E-state index is 13.4. The Morgan fingerprint density at radius 3 is 2.49 bits per heavy atom. The second-order valence-electron chi connectivity index (χ2n) is 7.93. The van der Waals surface area contributed by atoms with E-state index in [0.717, 1.165) is 11.6 Å². The molecule has 3 rings (SSSR count). The van der Waals surface area contributed by atoms with Crippen LogP contribution in [0.3, 0.4) is 0 Å². The summed E-state index contributed by atoms with van der Waals surface area (Å²) >= 11 is 0. The largest absolute Gasteiger partial charge is 0.448 e. The van der Waals surface area contributed by atoms with E-state index in [1.54, 1.807) is 29.0 Å². The molecule has 2 aromatic rings. The van der Waals surface area contributed by atoms with Crippen LogP contribution in [0.1, 0.15) is 23.7 Å². The third-order valence-electron chi connectivity index (χ3n) is 5.11. The molecule has 0 spiro atoms. The highest BCUT2D eigenvalue weighted by Gasteiger charge is 2.36. The van der Waals surface area contributed by atoms with Crippen LogP contribution in [0.5, 0.6) is 0 Å². The fourth-order valence-electron chi connectivity index (χ4n) is 3.33. The maximum Gasteiger partial charge on any atom is 0.435 e. The summed E-state index contributed by atoms with van der Waals surface area (Å²) in [5.41, 5.74) is 0.602. The van der Waals surface area contributed by atoms with Gasteiger partial charge in [-0.25, -0.2) is 17.9 Å². The number of aryl methyl sites for hydroxylation is 1. The number of allylic oxidation sites excluding steroid dienone is 3. The molecule has 1 unspecified atom stereocenters. The van der Waals surface area contributed by atoms with Crippen LogP contribution in [0.4, 0.5) is 18.0 Å². The van der Waals surface area contributed by atoms with Crippen molar-refractivity contribution in [2.24, 2.45) is 0 Å². The van der Waals surface area contributed by atoms with Gasteiger partial charge in [0.05, 0.1) is 16.6 Å². The van der Waals surface area contributed by atoms with E-state index in [2.05, 4.69) is 9.94 Å². The van der Waals surface area contributed by atoms with Crippen molar-refractivity contribution in [3.63, 3.8) is 0 Å². The van der Waals surface area contributed by atoms with Gasteiger partial charge >= 0.3 is 12.3 Å². The van der Waals surface area contributed by atoms with Crippen molar-refractivity contribution >= 4 is 37.7 Å². The van der Waals surface area contributed by atoms with Gasteiger partial charge in [0.25, 0.3) is 15.1 Å². The van der Waals surface area contributed by atoms with E-state index in [1.807, 2.05) is 6.92 Å². The Morgan fingerprint density at radius 1 is 1.23 bits per heavy atom. The summed E-state index contributed by atoms with van der Waals surface area (Å²) < 4.78 is 73.2. The minimum absolute atomic E-state index is 0.00759. The van der Waals surface area contributed by atoms with Gasteiger partial charge in [0.1, 0.15) is 13.2 Å². The molecule has 1 N–H and O–H groups in total. The minimum Gasteiger partial charge on any atom is -0.448 e. The second-order valence-corrected chi connectivity index (χ2v) is 12.3. The monoisotopic (exact) mass is 608 g/mol. The number of carbonyl (C=O) groups excluding carboxylic acids is 1. The highest BCUT2D eigenvalue weighted by Crippen LogP contribution is 2.35. The zero-order valence-corrected chi connectivity index (χ0v) is 22.7. The number of amides is 1. The first-order valence-electron chi connectivity index (χ1n) is 11.2. The lowest BCUT2D eigenvalue weighted by Crippen LogP contribution is -2.32. The van der Waals surface area contributed by atoms with Crippen molar-refractivity contribution in [1.82, 2.24) is 14.5 Å². The van der Waals surface area contributed by atoms with E-state index >= 15 is 0 Å². The number of alkyl halides is 3. The Hall–Kier alpha value is -3.18. The van der Waals surface area contributed by atoms with Crippen molar-refractivity contribution in [2.75, 3.05) is 24.7 Å². The van der Waals surface area contributed by atoms with Crippen molar-refractivity contribution in [1.29, 1.82) is 0 Å². The molecule has 1 amide bonds. The van der Waals surface area contributed by atoms with E-state index < -0.39 is 39.1 Å². The van der Waals surface area contributed by atoms with E-state index in [1.165, 1.54) is 44.5 Å². The van der Waals surface area contributed by atoms with Crippen LogP contribution < -0.4 is 4.72 Å². The Balaban J connectivity index is 1.58. The fourth-order valence-corrected chi connectivity index (χ4v) is 5.94. The first kappa shape index (κ1) is 30.4. The predicted molar refractivity (Wildman–Crippen MR) is 140 cm³/mol. The fraction of sp³-hybridized carbons (Fsp3) is 0.364. The summed E-state index contributed by atoms with van der Waals surface area (Å²) in [6.07, 6.45) is -1.97. The number of nitrogens with zero attached hydrogens (tertiary/aromatic N) is 3. The quantitative estimate of drug-likeness (QED) is 0.153. The van der Waals surface area contributed by atoms with Crippen LogP contribution >= 0.6 is 21.6 Å². The Bertz CT molecular complexity index is 1340. The summed E-state index contributed by atoms with van der Waals surface area (Å²) in [6.45, 7) is 1.64. The number of nitrogens with one attached hydrogen (secondary N) is 1. The Morgan fingerprint density at radius 2 is 1.90 bits per heavy atom. The van der Waals surface area contributed by atoms with Gasteiger partial charge in [-0.1, -0.05) is 63.6 Å². The van der Waals surface area contributed by atoms with Crippen molar-refractivity contribution in [3.8, 4) is 11.3 Å². The molecule has 1 heterocycles. The molecule has 0 aliphatic heterocycles. The molecule has 0 bridgehead atoms. The number of rotatable bonds is 12. The number of carbonyl (C=O) groups is 1. The first-order chi connectivity index (χ1) is 18.4. The van der Waals surface area contributed by atoms with Gasteiger partial charge in [-0.15, -0.1) is 10.1 Å². The molecule has 0 saturated carbocycles. The van der Waals surface area contributed by atoms with Crippen molar-refractivity contribution < 1.29 is 41.0 Å². The van der Waals surface area contributed by atoms with Crippen LogP contribution in [0.25, 0.3) is 11.3 Å². The van der Waals surface area contributed by atoms with E-state index in [-0.39, 0.29) is 30.2 Å². The molecule has 1 aromatic carbocycles. The summed E-state index contributed by atoms with van der Waals surface area (Å²) in [5.74, 6) is 0.629. The summed E-state index contributed by atoms with van der Waals surface area (Å²) in [4.78, 5) is 25.9. The average molecular weight is 609 g/mol. The van der Waals surface area contributed by atoms with Gasteiger partial charge in [0, 0.05) is 11.5 Å². The van der Waals surface area contributed by atoms with E-state index in [4.69, 9.17) is 4.74 Å². The van der Waals surface area contributed by atoms with E-state index in [9.17, 15) is 36.5 Å². The smallest absolute Gasteiger partial charge is 0.435 e. The molecule has 1 atom stereocenters. The number of ether oxygens (including phenoxy) is 1. The molecule has 1 aliphatic rings. The first-order valence-corrected chi connectivity index (χ1v) is 15.2. The van der Waals surface area contributed by atoms with Gasteiger partial charge < -0.3 is 9.57 Å². The van der Waals surface area contributed by atoms with Crippen LogP contribution in [-0.4, -0.2) is 54.1 Å². The SMILES string of the molecule is Cc1ccc(-c2cc(C(F)(F)F)nn2C2C=CC(S(=O)(=O)NC(=O)OCCSSCCO[N+](=O)[O-])=CC2)cc1. The Kier molecular flexibility index (Phi) is 10.3. The van der Waals surface area contributed by atoms with Crippen LogP contribution in [0, 0.1) is 17.0 Å². The van der Waals surface area contributed by atoms with Crippen molar-refractivity contribution in [3.05, 3.63) is 74.8 Å². The highest BCUT2D eigenvalue weighted by atomic mass is 33.1. The molecule has 212 valence electrons. The normalized spacial score (nSPS) is 15.5. The zero-order chi connectivity index (χ0) is 28.6. The average Bonchev–Trinajstić information content (AvgIpc) is 3.32. The maximum atomic E-state index is 13.4. The van der Waals surface area contributed by atoms with Gasteiger partial charge in [0.2, 0.25) is 0 Å². The third-order valence-corrected chi connectivity index (χ3v) is 8.80. The molecular weight excluding hydrogens is 585 g/mol. The lowest BCUT2D eigenvalue weighted by atomic mass is 10.1. The Labute approximate surface area is 229 Å². The summed E-state index contributed by atoms with van der Waals surface area (Å²) in [5, 5.41) is 12.9. The number of sulfonamides is 1. The lowest BCUT2D eigenvalue weighted by molar-refractivity contribution is -0.756. The van der Waals surface area contributed by atoms with Gasteiger partial charge in [0.15, 0.2) is 5.69 Å². The lowest BCUT2D eigenvalue weighted by Gasteiger charge is -2.19. The number of benzene rings is 1. The minimum atomic E-state index is -4.67. The highest BCUT2D eigenvalue weighted by molar-refractivity contribution is 8.76. The topological polar surface area (TPSA) is 143 Å². The standard InChI is InChI=1S/C22H23F3N4O7S3/c1-15-2-4-16(5-3-15)19-14-20(22(23,24)25)26-28(19)17-6-8-18(9-7-17)39(33,34)27-21(30)35-10-12-37-38-13-11-36-29(31)32/h2-6,8-9,14,17H,7,10-13H2,1H3,(H,27,30). The second kappa shape index (κ2) is 13.3. The molecule has 0 radical (unpaired) electrons. The number of aromatic nitrogens is 2. The molecule has 11 nitrogen and oxygen atoms in total. The van der Waals surface area contributed by atoms with Gasteiger partial charge in [-0.05, 0) is 31.1 Å². The number of hydrogen-bond donors (Lipinski definition) is 1. The molecule has 17 heteroatoms. The van der Waals surface area contributed by atoms with Crippen LogP contribution in [0.15, 0.2) is 53.5 Å². The molecule has 0 fully saturated rings. The van der Waals surface area contributed by atoms with Gasteiger partial charge in [-0.3, -0.25) is 4.68 Å². The molecule has 39 heavy (non-hydrogen) atoms. The van der Waals surface area contributed by atoms with Gasteiger partial charge in [-0.2, -0.15) is 18.3 Å². The third kappa shape index (κ3) is 8.93. The predicted octanol–water partition coefficient (Wildman–Crippen LogP) is 4.91. The summed E-state index contributed by atoms with van der Waals surface area (Å²) in [7, 11) is -1.78. The molecule has 1 aliphatic carbocycles. The van der Waals surface area contributed by atoms with Crippen LogP contribution in [0.2, 0.25) is 0 Å². The molecule has 0 saturated heterocycles. The number of hydrogen-bond acceptors (Lipinski definition) is 10. The molecule has 1 aromatic heterocycles. The van der Waals surface area contributed by atoms with E-state index in [0.29, 0.717) is 17.1 Å². The number of halogens is 3. The van der Waals surface area contributed by atoms with Crippen molar-refractivity contribution in [2.45, 2.75) is 25.6 Å². The van der Waals surface area contributed by atoms with Crippen LogP contribution in [-0.2, 0) is 25.8 Å². The zero-order valence-electron chi connectivity index (χ0n) is 20.3.